The van der Waals surface area contributed by atoms with Crippen LogP contribution in [0.3, 0.4) is 0 Å². The first kappa shape index (κ1) is 29.9. The van der Waals surface area contributed by atoms with E-state index in [1.54, 1.807) is 7.05 Å². The number of aliphatic imine (C=N–C) groups is 1. The molecule has 9 atom stereocenters. The van der Waals surface area contributed by atoms with E-state index in [1.807, 2.05) is 7.05 Å². The first-order chi connectivity index (χ1) is 19.2. The Morgan fingerprint density at radius 1 is 1.27 bits per heavy atom. The van der Waals surface area contributed by atoms with Gasteiger partial charge in [-0.2, -0.15) is 0 Å². The maximum absolute atomic E-state index is 12.9. The molecule has 2 spiro atoms. The van der Waals surface area contributed by atoms with Gasteiger partial charge in [-0.3, -0.25) is 4.90 Å². The van der Waals surface area contributed by atoms with Gasteiger partial charge in [0.2, 0.25) is 0 Å². The fourth-order valence-corrected chi connectivity index (χ4v) is 10.1. The predicted octanol–water partition coefficient (Wildman–Crippen LogP) is -1.43. The predicted molar refractivity (Wildman–Crippen MR) is 150 cm³/mol. The van der Waals surface area contributed by atoms with Crippen molar-refractivity contribution >= 4 is 11.9 Å². The number of guanidine groups is 1. The molecule has 1 aliphatic heterocycles. The normalized spacial score (nSPS) is 43.4. The van der Waals surface area contributed by atoms with Crippen LogP contribution in [0.4, 0.5) is 0 Å². The number of aliphatic carboxylic acids is 1. The third-order valence-corrected chi connectivity index (χ3v) is 11.8. The van der Waals surface area contributed by atoms with Crippen molar-refractivity contribution in [2.75, 3.05) is 53.5 Å². The third kappa shape index (κ3) is 4.63. The first-order valence-electron chi connectivity index (χ1n) is 15.5. The summed E-state index contributed by atoms with van der Waals surface area (Å²) in [5.74, 6) is 0.100. The van der Waals surface area contributed by atoms with Gasteiger partial charge in [0.1, 0.15) is 5.60 Å². The average Bonchev–Trinajstić information content (AvgIpc) is 3.30. The highest BCUT2D eigenvalue weighted by molar-refractivity contribution is 5.90. The number of carbonyl (C=O) groups excluding carboxylic acids is 1. The number of hydrogen-bond acceptors (Lipinski definition) is 8. The molecule has 10 heteroatoms. The van der Waals surface area contributed by atoms with Gasteiger partial charge in [0.05, 0.1) is 38.4 Å². The summed E-state index contributed by atoms with van der Waals surface area (Å²) in [5.41, 5.74) is 5.13. The number of hydrogen-bond donors (Lipinski definition) is 6. The second-order valence-electron chi connectivity index (χ2n) is 13.4. The lowest BCUT2D eigenvalue weighted by Crippen LogP contribution is -3.19. The number of nitrogens with two attached hydrogens (primary N) is 1. The van der Waals surface area contributed by atoms with Crippen LogP contribution in [0, 0.1) is 28.6 Å². The van der Waals surface area contributed by atoms with Crippen LogP contribution in [0.25, 0.3) is 0 Å². The summed E-state index contributed by atoms with van der Waals surface area (Å²) in [6.07, 6.45) is 7.92. The number of quaternary nitrogens is 1. The lowest BCUT2D eigenvalue weighted by Gasteiger charge is -2.60. The minimum Gasteiger partial charge on any atom is -0.545 e. The summed E-state index contributed by atoms with van der Waals surface area (Å²) < 4.78 is 6.38. The largest absolute Gasteiger partial charge is 0.545 e. The number of piperidine rings is 1. The smallest absolute Gasteiger partial charge is 0.293 e. The van der Waals surface area contributed by atoms with Gasteiger partial charge >= 0.3 is 0 Å². The number of nitrogens with one attached hydrogen (secondary N) is 3. The second-order valence-corrected chi connectivity index (χ2v) is 13.4. The molecule has 3 saturated carbocycles. The summed E-state index contributed by atoms with van der Waals surface area (Å²) in [7, 11) is 3.70. The fraction of sp³-hybridized carbons (Fsp3) is 0.867. The van der Waals surface area contributed by atoms with Crippen molar-refractivity contribution in [3.63, 3.8) is 0 Å². The van der Waals surface area contributed by atoms with E-state index >= 15 is 0 Å². The molecule has 40 heavy (non-hydrogen) atoms. The number of ether oxygens (including phenoxy) is 1. The molecular formula is C30H51N5O5. The van der Waals surface area contributed by atoms with Crippen LogP contribution < -0.4 is 26.4 Å². The summed E-state index contributed by atoms with van der Waals surface area (Å²) in [4.78, 5) is 18.4. The molecule has 226 valence electrons. The summed E-state index contributed by atoms with van der Waals surface area (Å²) in [5, 5.41) is 41.5. The summed E-state index contributed by atoms with van der Waals surface area (Å²) in [6.45, 7) is 5.21. The van der Waals surface area contributed by atoms with E-state index < -0.39 is 17.0 Å². The Hall–Kier alpha value is -1.56. The van der Waals surface area contributed by atoms with Crippen molar-refractivity contribution in [3.05, 3.63) is 11.1 Å². The summed E-state index contributed by atoms with van der Waals surface area (Å²) >= 11 is 0. The Morgan fingerprint density at radius 2 is 2.08 bits per heavy atom. The Morgan fingerprint density at radius 3 is 2.77 bits per heavy atom. The topological polar surface area (TPSA) is 157 Å². The Kier molecular flexibility index (Phi) is 8.68. The third-order valence-electron chi connectivity index (χ3n) is 11.8. The van der Waals surface area contributed by atoms with Crippen LogP contribution in [0.15, 0.2) is 16.1 Å². The van der Waals surface area contributed by atoms with E-state index in [2.05, 4.69) is 22.5 Å². The van der Waals surface area contributed by atoms with Crippen LogP contribution >= 0.6 is 0 Å². The molecule has 1 unspecified atom stereocenters. The number of carbonyl (C=O) groups is 1. The Labute approximate surface area is 238 Å². The van der Waals surface area contributed by atoms with Crippen molar-refractivity contribution in [3.8, 4) is 0 Å². The van der Waals surface area contributed by atoms with Crippen molar-refractivity contribution in [2.45, 2.75) is 82.5 Å². The second kappa shape index (κ2) is 11.6. The van der Waals surface area contributed by atoms with E-state index in [0.717, 1.165) is 75.1 Å². The van der Waals surface area contributed by atoms with Crippen LogP contribution in [0.5, 0.6) is 0 Å². The molecule has 1 heterocycles. The first-order valence-corrected chi connectivity index (χ1v) is 15.5. The lowest BCUT2D eigenvalue weighted by atomic mass is 9.45. The molecule has 0 radical (unpaired) electrons. The molecule has 0 aromatic carbocycles. The van der Waals surface area contributed by atoms with Crippen molar-refractivity contribution in [1.82, 2.24) is 10.6 Å². The quantitative estimate of drug-likeness (QED) is 0.114. The molecule has 5 rings (SSSR count). The average molecular weight is 562 g/mol. The number of allylic oxidation sites excluding steroid dienone is 1. The zero-order valence-electron chi connectivity index (χ0n) is 24.6. The molecular weight excluding hydrogens is 510 g/mol. The van der Waals surface area contributed by atoms with Crippen molar-refractivity contribution in [2.24, 2.45) is 39.3 Å². The van der Waals surface area contributed by atoms with Gasteiger partial charge in [-0.15, -0.1) is 0 Å². The highest BCUT2D eigenvalue weighted by Crippen LogP contribution is 2.76. The van der Waals surface area contributed by atoms with Crippen LogP contribution in [-0.4, -0.2) is 93.4 Å². The SMILES string of the molecule is CN=C(N)[NH+]1CC[C@H](CNCCO)[C@@]2(C1)[C@@H]1CC[C@@H](C)[C@]23C[C@@](O)(CO[C@H]2CCC[C@H](NC)C2)C(C(=O)[O-])=C3C1. The maximum Gasteiger partial charge on any atom is 0.293 e. The van der Waals surface area contributed by atoms with Gasteiger partial charge in [0, 0.05) is 42.5 Å². The minimum absolute atomic E-state index is 0.00253. The Balaban J connectivity index is 1.55. The number of likely N-dealkylation sites (tertiary alicyclic amines) is 1. The lowest BCUT2D eigenvalue weighted by molar-refractivity contribution is -0.828. The minimum atomic E-state index is -1.59. The van der Waals surface area contributed by atoms with E-state index in [4.69, 9.17) is 10.5 Å². The van der Waals surface area contributed by atoms with E-state index in [-0.39, 0.29) is 42.1 Å². The van der Waals surface area contributed by atoms with Gasteiger partial charge in [-0.1, -0.05) is 12.5 Å². The van der Waals surface area contributed by atoms with Crippen molar-refractivity contribution < 1.29 is 29.8 Å². The van der Waals surface area contributed by atoms with Gasteiger partial charge in [0.25, 0.3) is 5.96 Å². The number of carboxylic acids is 1. The zero-order chi connectivity index (χ0) is 28.7. The van der Waals surface area contributed by atoms with Crippen LogP contribution in [0.1, 0.15) is 64.7 Å². The molecule has 5 aliphatic rings. The molecule has 0 amide bonds. The molecule has 10 nitrogen and oxygen atoms in total. The molecule has 1 saturated heterocycles. The number of aliphatic hydroxyl groups excluding tert-OH is 1. The summed E-state index contributed by atoms with van der Waals surface area (Å²) in [6, 6.07) is 0.380. The molecule has 0 aromatic heterocycles. The molecule has 4 fully saturated rings. The molecule has 0 aromatic rings. The van der Waals surface area contributed by atoms with Gasteiger partial charge < -0.3 is 41.2 Å². The van der Waals surface area contributed by atoms with Crippen LogP contribution in [0.2, 0.25) is 0 Å². The monoisotopic (exact) mass is 561 g/mol. The number of aliphatic hydroxyl groups is 2. The van der Waals surface area contributed by atoms with Gasteiger partial charge in [0.15, 0.2) is 0 Å². The number of rotatable bonds is 9. The fourth-order valence-electron chi connectivity index (χ4n) is 10.1. The van der Waals surface area contributed by atoms with E-state index in [9.17, 15) is 20.1 Å². The highest BCUT2D eigenvalue weighted by Gasteiger charge is 2.75. The maximum atomic E-state index is 12.9. The van der Waals surface area contributed by atoms with Gasteiger partial charge in [-0.05, 0) is 82.7 Å². The van der Waals surface area contributed by atoms with Gasteiger partial charge in [-0.25, -0.2) is 4.99 Å². The zero-order valence-corrected chi connectivity index (χ0v) is 24.6. The Bertz CT molecular complexity index is 1020. The van der Waals surface area contributed by atoms with E-state index in [1.165, 1.54) is 0 Å². The van der Waals surface area contributed by atoms with Crippen molar-refractivity contribution in [1.29, 1.82) is 0 Å². The number of carboxylic acid groups (broad SMARTS) is 1. The van der Waals surface area contributed by atoms with E-state index in [0.29, 0.717) is 37.3 Å². The number of nitrogens with zero attached hydrogens (tertiary/aromatic N) is 1. The molecule has 7 N–H and O–H groups in total. The highest BCUT2D eigenvalue weighted by atomic mass is 16.5. The molecule has 2 bridgehead atoms. The molecule has 4 aliphatic carbocycles. The standard InChI is InChI=1S/C30H51N5O5/c1-19-7-8-20-13-24-25(26(37)38)28(39,18-40-23-6-4-5-22(14-23)32-2)16-29(19,24)30(20)17-35(27(31)33-3)11-9-21(30)15-34-10-12-36/h19-23,32,34,36,39H,4-18H2,1-3H3,(H2,31,33)(H,37,38)/t19-,20-,21-,22+,23+,28-,29+,30-/m1/s1. The van der Waals surface area contributed by atoms with Crippen LogP contribution in [-0.2, 0) is 9.53 Å².